The van der Waals surface area contributed by atoms with Gasteiger partial charge in [0.05, 0.1) is 6.54 Å². The van der Waals surface area contributed by atoms with Crippen molar-refractivity contribution in [1.82, 2.24) is 10.6 Å². The lowest BCUT2D eigenvalue weighted by Crippen LogP contribution is -2.37. The van der Waals surface area contributed by atoms with Crippen LogP contribution in [-0.4, -0.2) is 25.3 Å². The van der Waals surface area contributed by atoms with Crippen LogP contribution in [0.15, 0.2) is 52.4 Å². The molecule has 2 rings (SSSR count). The van der Waals surface area contributed by atoms with Crippen LogP contribution in [0.1, 0.15) is 9.75 Å². The molecular weight excluding hydrogens is 298 g/mol. The monoisotopic (exact) mass is 319 g/mol. The first-order valence-corrected chi connectivity index (χ1v) is 8.76. The lowest BCUT2D eigenvalue weighted by molar-refractivity contribution is 0.841. The highest BCUT2D eigenvalue weighted by molar-refractivity contribution is 7.99. The zero-order valence-corrected chi connectivity index (χ0v) is 14.1. The number of guanidine groups is 1. The van der Waals surface area contributed by atoms with Crippen molar-refractivity contribution in [1.29, 1.82) is 0 Å². The maximum Gasteiger partial charge on any atom is 0.191 e. The van der Waals surface area contributed by atoms with Gasteiger partial charge < -0.3 is 10.6 Å². The van der Waals surface area contributed by atoms with Gasteiger partial charge in [0, 0.05) is 34.0 Å². The molecule has 0 aliphatic rings. The molecule has 21 heavy (non-hydrogen) atoms. The van der Waals surface area contributed by atoms with E-state index in [-0.39, 0.29) is 0 Å². The van der Waals surface area contributed by atoms with Crippen molar-refractivity contribution in [2.75, 3.05) is 19.3 Å². The van der Waals surface area contributed by atoms with Gasteiger partial charge in [-0.1, -0.05) is 18.2 Å². The molecule has 5 heteroatoms. The first-order chi connectivity index (χ1) is 10.3. The Labute approximate surface area is 134 Å². The number of nitrogens with zero attached hydrogens (tertiary/aromatic N) is 1. The first kappa shape index (κ1) is 15.9. The summed E-state index contributed by atoms with van der Waals surface area (Å²) < 4.78 is 0. The molecule has 0 unspecified atom stereocenters. The van der Waals surface area contributed by atoms with Gasteiger partial charge in [-0.15, -0.1) is 23.1 Å². The van der Waals surface area contributed by atoms with Crippen LogP contribution >= 0.6 is 23.1 Å². The van der Waals surface area contributed by atoms with Crippen molar-refractivity contribution >= 4 is 29.1 Å². The largest absolute Gasteiger partial charge is 0.356 e. The van der Waals surface area contributed by atoms with Crippen molar-refractivity contribution in [3.63, 3.8) is 0 Å². The third-order valence-corrected chi connectivity index (χ3v) is 4.87. The zero-order chi connectivity index (χ0) is 14.9. The summed E-state index contributed by atoms with van der Waals surface area (Å²) in [6.07, 6.45) is 0. The Hall–Kier alpha value is -1.46. The molecule has 112 valence electrons. The summed E-state index contributed by atoms with van der Waals surface area (Å²) in [4.78, 5) is 8.22. The van der Waals surface area contributed by atoms with Crippen molar-refractivity contribution in [3.8, 4) is 0 Å². The number of thiophene rings is 1. The third-order valence-electron chi connectivity index (χ3n) is 2.86. The fourth-order valence-corrected chi connectivity index (χ4v) is 3.45. The highest BCUT2D eigenvalue weighted by atomic mass is 32.2. The van der Waals surface area contributed by atoms with Gasteiger partial charge in [-0.3, -0.25) is 4.99 Å². The number of nitrogens with one attached hydrogen (secondary N) is 2. The van der Waals surface area contributed by atoms with E-state index in [0.29, 0.717) is 0 Å². The van der Waals surface area contributed by atoms with Crippen LogP contribution < -0.4 is 10.6 Å². The van der Waals surface area contributed by atoms with E-state index in [4.69, 9.17) is 0 Å². The smallest absolute Gasteiger partial charge is 0.191 e. The fourth-order valence-electron chi connectivity index (χ4n) is 1.83. The molecule has 0 saturated carbocycles. The minimum atomic E-state index is 0.823. The molecule has 0 saturated heterocycles. The van der Waals surface area contributed by atoms with Crippen molar-refractivity contribution in [2.24, 2.45) is 4.99 Å². The van der Waals surface area contributed by atoms with Crippen molar-refractivity contribution in [3.05, 3.63) is 52.2 Å². The minimum Gasteiger partial charge on any atom is -0.356 e. The topological polar surface area (TPSA) is 36.4 Å². The van der Waals surface area contributed by atoms with Gasteiger partial charge in [0.15, 0.2) is 5.96 Å². The molecule has 0 aliphatic heterocycles. The molecule has 0 fully saturated rings. The van der Waals surface area contributed by atoms with Crippen LogP contribution in [0.4, 0.5) is 0 Å². The van der Waals surface area contributed by atoms with Gasteiger partial charge >= 0.3 is 0 Å². The van der Waals surface area contributed by atoms with Crippen LogP contribution in [0.5, 0.6) is 0 Å². The van der Waals surface area contributed by atoms with E-state index in [2.05, 4.69) is 58.9 Å². The Balaban J connectivity index is 1.66. The van der Waals surface area contributed by atoms with E-state index in [1.54, 1.807) is 7.05 Å². The predicted molar refractivity (Wildman–Crippen MR) is 94.4 cm³/mol. The second kappa shape index (κ2) is 8.74. The second-order valence-corrected chi connectivity index (χ2v) is 7.07. The van der Waals surface area contributed by atoms with Gasteiger partial charge in [0.1, 0.15) is 0 Å². The molecule has 1 aromatic heterocycles. The highest BCUT2D eigenvalue weighted by Crippen LogP contribution is 2.16. The van der Waals surface area contributed by atoms with Crippen molar-refractivity contribution in [2.45, 2.75) is 18.4 Å². The van der Waals surface area contributed by atoms with Gasteiger partial charge in [-0.25, -0.2) is 0 Å². The molecule has 1 aromatic carbocycles. The summed E-state index contributed by atoms with van der Waals surface area (Å²) in [5, 5.41) is 6.68. The number of thioether (sulfide) groups is 1. The SMILES string of the molecule is CN=C(NCCSc1ccccc1)NCc1ccc(C)s1. The third kappa shape index (κ3) is 5.81. The lowest BCUT2D eigenvalue weighted by Gasteiger charge is -2.11. The van der Waals surface area contributed by atoms with E-state index >= 15 is 0 Å². The molecular formula is C16H21N3S2. The number of rotatable bonds is 6. The molecule has 2 N–H and O–H groups in total. The van der Waals surface area contributed by atoms with Gasteiger partial charge in [0.2, 0.25) is 0 Å². The molecule has 0 radical (unpaired) electrons. The Morgan fingerprint density at radius 2 is 1.95 bits per heavy atom. The predicted octanol–water partition coefficient (Wildman–Crippen LogP) is 3.51. The maximum atomic E-state index is 4.24. The minimum absolute atomic E-state index is 0.823. The van der Waals surface area contributed by atoms with E-state index in [9.17, 15) is 0 Å². The Kier molecular flexibility index (Phi) is 6.63. The zero-order valence-electron chi connectivity index (χ0n) is 12.4. The van der Waals surface area contributed by atoms with E-state index in [0.717, 1.165) is 24.8 Å². The van der Waals surface area contributed by atoms with E-state index < -0.39 is 0 Å². The van der Waals surface area contributed by atoms with E-state index in [1.165, 1.54) is 14.6 Å². The van der Waals surface area contributed by atoms with Gasteiger partial charge in [-0.2, -0.15) is 0 Å². The van der Waals surface area contributed by atoms with Crippen molar-refractivity contribution < 1.29 is 0 Å². The molecule has 0 amide bonds. The average Bonchev–Trinajstić information content (AvgIpc) is 2.93. The van der Waals surface area contributed by atoms with Gasteiger partial charge in [-0.05, 0) is 31.2 Å². The fraction of sp³-hybridized carbons (Fsp3) is 0.312. The first-order valence-electron chi connectivity index (χ1n) is 6.95. The molecule has 2 aromatic rings. The van der Waals surface area contributed by atoms with Crippen LogP contribution in [0.25, 0.3) is 0 Å². The number of aliphatic imine (C=N–C) groups is 1. The summed E-state index contributed by atoms with van der Waals surface area (Å²) in [5.74, 6) is 1.87. The summed E-state index contributed by atoms with van der Waals surface area (Å²) in [7, 11) is 1.80. The lowest BCUT2D eigenvalue weighted by atomic mass is 10.4. The maximum absolute atomic E-state index is 4.24. The standard InChI is InChI=1S/C16H21N3S2/c1-13-8-9-15(21-13)12-19-16(17-2)18-10-11-20-14-6-4-3-5-7-14/h3-9H,10-12H2,1-2H3,(H2,17,18,19). The van der Waals surface area contributed by atoms with Gasteiger partial charge in [0.25, 0.3) is 0 Å². The number of hydrogen-bond donors (Lipinski definition) is 2. The number of benzene rings is 1. The Bertz CT molecular complexity index is 564. The molecule has 0 aliphatic carbocycles. The molecule has 0 bridgehead atoms. The number of aryl methyl sites for hydroxylation is 1. The Morgan fingerprint density at radius 3 is 2.62 bits per heavy atom. The summed E-state index contributed by atoms with van der Waals surface area (Å²) in [5.41, 5.74) is 0. The molecule has 0 atom stereocenters. The quantitative estimate of drug-likeness (QED) is 0.370. The second-order valence-electron chi connectivity index (χ2n) is 4.53. The van der Waals surface area contributed by atoms with Crippen LogP contribution in [-0.2, 0) is 6.54 Å². The van der Waals surface area contributed by atoms with E-state index in [1.807, 2.05) is 29.2 Å². The summed E-state index contributed by atoms with van der Waals surface area (Å²) in [6, 6.07) is 14.8. The summed E-state index contributed by atoms with van der Waals surface area (Å²) >= 11 is 3.66. The summed E-state index contributed by atoms with van der Waals surface area (Å²) in [6.45, 7) is 3.84. The molecule has 3 nitrogen and oxygen atoms in total. The highest BCUT2D eigenvalue weighted by Gasteiger charge is 2.00. The Morgan fingerprint density at radius 1 is 1.14 bits per heavy atom. The number of hydrogen-bond acceptors (Lipinski definition) is 3. The van der Waals surface area contributed by atoms with Crippen LogP contribution in [0, 0.1) is 6.92 Å². The van der Waals surface area contributed by atoms with Crippen LogP contribution in [0.2, 0.25) is 0 Å². The average molecular weight is 319 g/mol. The normalized spacial score (nSPS) is 11.4. The molecule has 1 heterocycles. The van der Waals surface area contributed by atoms with Crippen LogP contribution in [0.3, 0.4) is 0 Å². The molecule has 0 spiro atoms.